The summed E-state index contributed by atoms with van der Waals surface area (Å²) in [4.78, 5) is 20.2. The van der Waals surface area contributed by atoms with E-state index in [-0.39, 0.29) is 17.7 Å². The van der Waals surface area contributed by atoms with Crippen LogP contribution >= 0.6 is 0 Å². The molecule has 0 amide bonds. The van der Waals surface area contributed by atoms with Crippen molar-refractivity contribution in [3.63, 3.8) is 0 Å². The summed E-state index contributed by atoms with van der Waals surface area (Å²) in [5.41, 5.74) is -0.330. The monoisotopic (exact) mass is 246 g/mol. The van der Waals surface area contributed by atoms with Crippen molar-refractivity contribution < 1.29 is 14.6 Å². The van der Waals surface area contributed by atoms with Gasteiger partial charge >= 0.3 is 5.97 Å². The molecular weight excluding hydrogens is 232 g/mol. The second-order valence-corrected chi connectivity index (χ2v) is 4.77. The molecular formula is C13H14N2O3. The molecule has 0 bridgehead atoms. The quantitative estimate of drug-likeness (QED) is 0.767. The van der Waals surface area contributed by atoms with Crippen molar-refractivity contribution in [3.8, 4) is 5.88 Å². The molecule has 0 radical (unpaired) electrons. The molecule has 2 heterocycles. The van der Waals surface area contributed by atoms with Gasteiger partial charge in [-0.15, -0.1) is 0 Å². The van der Waals surface area contributed by atoms with Gasteiger partial charge < -0.3 is 9.84 Å². The first-order chi connectivity index (χ1) is 8.71. The van der Waals surface area contributed by atoms with Gasteiger partial charge in [-0.05, 0) is 25.0 Å². The number of carbonyl (C=O) groups excluding carboxylic acids is 1. The van der Waals surface area contributed by atoms with E-state index in [9.17, 15) is 9.90 Å². The average molecular weight is 246 g/mol. The largest absolute Gasteiger partial charge is 0.493 e. The summed E-state index contributed by atoms with van der Waals surface area (Å²) in [5.74, 6) is -0.245. The summed E-state index contributed by atoms with van der Waals surface area (Å²) in [6.07, 6.45) is 6.06. The number of cyclic esters (lactones) is 1. The zero-order valence-corrected chi connectivity index (χ0v) is 9.93. The lowest BCUT2D eigenvalue weighted by molar-refractivity contribution is -0.140. The lowest BCUT2D eigenvalue weighted by Gasteiger charge is -2.25. The maximum atomic E-state index is 12.0. The number of ether oxygens (including phenoxy) is 1. The molecule has 0 saturated heterocycles. The van der Waals surface area contributed by atoms with Crippen molar-refractivity contribution in [2.75, 3.05) is 0 Å². The van der Waals surface area contributed by atoms with E-state index >= 15 is 0 Å². The number of hydrogen-bond acceptors (Lipinski definition) is 5. The van der Waals surface area contributed by atoms with Crippen LogP contribution in [0.15, 0.2) is 23.3 Å². The highest BCUT2D eigenvalue weighted by atomic mass is 16.6. The summed E-state index contributed by atoms with van der Waals surface area (Å²) in [7, 11) is 0. The van der Waals surface area contributed by atoms with E-state index in [0.717, 1.165) is 32.1 Å². The van der Waals surface area contributed by atoms with Crippen LogP contribution in [-0.2, 0) is 9.53 Å². The number of nitrogens with zero attached hydrogens (tertiary/aromatic N) is 2. The first-order valence-electron chi connectivity index (χ1n) is 6.18. The molecule has 3 rings (SSSR count). The van der Waals surface area contributed by atoms with Crippen molar-refractivity contribution >= 4 is 11.9 Å². The molecule has 1 aromatic rings. The van der Waals surface area contributed by atoms with Gasteiger partial charge in [-0.3, -0.25) is 0 Å². The highest BCUT2D eigenvalue weighted by Crippen LogP contribution is 2.37. The fourth-order valence-corrected chi connectivity index (χ4v) is 2.58. The average Bonchev–Trinajstić information content (AvgIpc) is 2.68. The maximum absolute atomic E-state index is 12.0. The lowest BCUT2D eigenvalue weighted by Crippen LogP contribution is -2.35. The Labute approximate surface area is 105 Å². The van der Waals surface area contributed by atoms with Crippen LogP contribution in [0.5, 0.6) is 5.88 Å². The van der Waals surface area contributed by atoms with Gasteiger partial charge in [0.15, 0.2) is 5.54 Å². The first kappa shape index (κ1) is 11.2. The molecule has 1 aliphatic carbocycles. The van der Waals surface area contributed by atoms with E-state index in [2.05, 4.69) is 9.98 Å². The third-order valence-corrected chi connectivity index (χ3v) is 3.58. The number of aromatic nitrogens is 1. The highest BCUT2D eigenvalue weighted by Gasteiger charge is 2.47. The number of rotatable bonds is 1. The lowest BCUT2D eigenvalue weighted by atomic mass is 9.83. The summed E-state index contributed by atoms with van der Waals surface area (Å²) in [6, 6.07) is 3.33. The summed E-state index contributed by atoms with van der Waals surface area (Å²) in [6.45, 7) is 0. The third-order valence-electron chi connectivity index (χ3n) is 3.58. The second-order valence-electron chi connectivity index (χ2n) is 4.77. The number of esters is 1. The zero-order chi connectivity index (χ0) is 12.6. The molecule has 0 atom stereocenters. The maximum Gasteiger partial charge on any atom is 0.340 e. The number of aliphatic imine (C=N–C) groups is 1. The number of carbonyl (C=O) groups is 1. The van der Waals surface area contributed by atoms with Crippen molar-refractivity contribution in [1.29, 1.82) is 0 Å². The van der Waals surface area contributed by atoms with Gasteiger partial charge in [0.25, 0.3) is 0 Å². The molecule has 0 aromatic carbocycles. The Balaban J connectivity index is 1.98. The molecule has 0 unspecified atom stereocenters. The number of aromatic hydroxyl groups is 1. The Morgan fingerprint density at radius 2 is 2.06 bits per heavy atom. The van der Waals surface area contributed by atoms with Crippen molar-refractivity contribution in [1.82, 2.24) is 4.98 Å². The SMILES string of the molecule is O=C1OC(c2cccnc2O)=NC12CCCCC2. The van der Waals surface area contributed by atoms with Crippen LogP contribution < -0.4 is 0 Å². The van der Waals surface area contributed by atoms with Gasteiger partial charge in [0.1, 0.15) is 0 Å². The van der Waals surface area contributed by atoms with Gasteiger partial charge in [0.2, 0.25) is 11.8 Å². The summed E-state index contributed by atoms with van der Waals surface area (Å²) < 4.78 is 5.23. The third kappa shape index (κ3) is 1.66. The summed E-state index contributed by atoms with van der Waals surface area (Å²) >= 11 is 0. The zero-order valence-electron chi connectivity index (χ0n) is 9.93. The fourth-order valence-electron chi connectivity index (χ4n) is 2.58. The molecule has 94 valence electrons. The van der Waals surface area contributed by atoms with Crippen molar-refractivity contribution in [3.05, 3.63) is 23.9 Å². The molecule has 1 saturated carbocycles. The molecule has 1 fully saturated rings. The predicted octanol–water partition coefficient (Wildman–Crippen LogP) is 1.79. The van der Waals surface area contributed by atoms with Crippen LogP contribution in [0, 0.1) is 0 Å². The van der Waals surface area contributed by atoms with Gasteiger partial charge in [-0.25, -0.2) is 14.8 Å². The molecule has 18 heavy (non-hydrogen) atoms. The molecule has 5 heteroatoms. The normalized spacial score (nSPS) is 21.8. The Bertz CT molecular complexity index is 519. The van der Waals surface area contributed by atoms with Gasteiger partial charge in [0.05, 0.1) is 5.56 Å². The van der Waals surface area contributed by atoms with Gasteiger partial charge in [0, 0.05) is 6.20 Å². The van der Waals surface area contributed by atoms with E-state index in [1.807, 2.05) is 0 Å². The van der Waals surface area contributed by atoms with Crippen LogP contribution in [0.25, 0.3) is 0 Å². The van der Waals surface area contributed by atoms with Crippen LogP contribution in [0.1, 0.15) is 37.7 Å². The van der Waals surface area contributed by atoms with Crippen LogP contribution in [0.2, 0.25) is 0 Å². The van der Waals surface area contributed by atoms with E-state index in [1.165, 1.54) is 6.20 Å². The fraction of sp³-hybridized carbons (Fsp3) is 0.462. The smallest absolute Gasteiger partial charge is 0.340 e. The Kier molecular flexibility index (Phi) is 2.54. The molecule has 2 aliphatic rings. The molecule has 5 nitrogen and oxygen atoms in total. The molecule has 1 spiro atoms. The van der Waals surface area contributed by atoms with Gasteiger partial charge in [-0.2, -0.15) is 0 Å². The molecule has 1 aliphatic heterocycles. The van der Waals surface area contributed by atoms with E-state index < -0.39 is 5.54 Å². The van der Waals surface area contributed by atoms with Gasteiger partial charge in [-0.1, -0.05) is 19.3 Å². The van der Waals surface area contributed by atoms with Crippen LogP contribution in [0.4, 0.5) is 0 Å². The Hall–Kier alpha value is -1.91. The van der Waals surface area contributed by atoms with Crippen LogP contribution in [0.3, 0.4) is 0 Å². The minimum Gasteiger partial charge on any atom is -0.493 e. The Morgan fingerprint density at radius 3 is 2.78 bits per heavy atom. The Morgan fingerprint density at radius 1 is 1.28 bits per heavy atom. The minimum absolute atomic E-state index is 0.156. The molecule has 1 N–H and O–H groups in total. The number of hydrogen-bond donors (Lipinski definition) is 1. The first-order valence-corrected chi connectivity index (χ1v) is 6.18. The summed E-state index contributed by atoms with van der Waals surface area (Å²) in [5, 5.41) is 9.66. The standard InChI is InChI=1S/C13H14N2O3/c16-10-9(5-4-8-14-10)11-15-13(12(17)18-11)6-2-1-3-7-13/h4-5,8H,1-3,6-7H2,(H,14,16). The highest BCUT2D eigenvalue weighted by molar-refractivity contribution is 6.08. The van der Waals surface area contributed by atoms with Crippen molar-refractivity contribution in [2.45, 2.75) is 37.6 Å². The van der Waals surface area contributed by atoms with E-state index in [1.54, 1.807) is 12.1 Å². The number of pyridine rings is 1. The predicted molar refractivity (Wildman–Crippen MR) is 64.3 cm³/mol. The van der Waals surface area contributed by atoms with E-state index in [0.29, 0.717) is 5.56 Å². The topological polar surface area (TPSA) is 71.8 Å². The van der Waals surface area contributed by atoms with Crippen molar-refractivity contribution in [2.24, 2.45) is 4.99 Å². The van der Waals surface area contributed by atoms with E-state index in [4.69, 9.17) is 4.74 Å². The van der Waals surface area contributed by atoms with Crippen LogP contribution in [-0.4, -0.2) is 27.5 Å². The second kappa shape index (κ2) is 4.08. The minimum atomic E-state index is -0.712. The molecule has 1 aromatic heterocycles.